The largest absolute Gasteiger partial charge is 0.349 e. The van der Waals surface area contributed by atoms with Crippen LogP contribution >= 0.6 is 11.3 Å². The molecule has 20 heavy (non-hydrogen) atoms. The van der Waals surface area contributed by atoms with Crippen LogP contribution in [0.1, 0.15) is 25.4 Å². The van der Waals surface area contributed by atoms with Gasteiger partial charge in [-0.3, -0.25) is 9.69 Å². The Bertz CT molecular complexity index is 537. The highest BCUT2D eigenvalue weighted by Crippen LogP contribution is 2.20. The summed E-state index contributed by atoms with van der Waals surface area (Å²) in [6.45, 7) is 5.70. The topological polar surface area (TPSA) is 73.9 Å². The molecule has 2 rings (SSSR count). The lowest BCUT2D eigenvalue weighted by Crippen LogP contribution is -2.27. The van der Waals surface area contributed by atoms with E-state index in [1.807, 2.05) is 18.5 Å². The number of rotatable bonds is 7. The minimum absolute atomic E-state index is 0.0270. The fraction of sp³-hybridized carbons (Fsp3) is 0.462. The molecule has 0 unspecified atom stereocenters. The molecule has 6 nitrogen and oxygen atoms in total. The van der Waals surface area contributed by atoms with E-state index in [1.54, 1.807) is 18.0 Å². The quantitative estimate of drug-likeness (QED) is 0.760. The summed E-state index contributed by atoms with van der Waals surface area (Å²) in [5, 5.41) is 6.07. The Morgan fingerprint density at radius 3 is 3.05 bits per heavy atom. The fourth-order valence-corrected chi connectivity index (χ4v) is 2.78. The van der Waals surface area contributed by atoms with E-state index in [2.05, 4.69) is 20.3 Å². The van der Waals surface area contributed by atoms with Crippen molar-refractivity contribution in [2.24, 2.45) is 0 Å². The first-order valence-electron chi connectivity index (χ1n) is 6.62. The molecule has 0 fully saturated rings. The minimum Gasteiger partial charge on any atom is -0.349 e. The van der Waals surface area contributed by atoms with Crippen LogP contribution < -0.4 is 10.2 Å². The summed E-state index contributed by atoms with van der Waals surface area (Å²) in [7, 11) is 0. The summed E-state index contributed by atoms with van der Waals surface area (Å²) in [6, 6.07) is 0. The lowest BCUT2D eigenvalue weighted by Gasteiger charge is -2.14. The predicted octanol–water partition coefficient (Wildman–Crippen LogP) is 1.57. The Kier molecular flexibility index (Phi) is 5.25. The Balaban J connectivity index is 1.79. The summed E-state index contributed by atoms with van der Waals surface area (Å²) in [5.74, 6) is 1.00. The van der Waals surface area contributed by atoms with E-state index < -0.39 is 0 Å². The van der Waals surface area contributed by atoms with Crippen molar-refractivity contribution in [2.45, 2.75) is 26.8 Å². The number of imidazole rings is 1. The van der Waals surface area contributed by atoms with Crippen molar-refractivity contribution in [3.8, 4) is 0 Å². The number of H-pyrrole nitrogens is 1. The van der Waals surface area contributed by atoms with Gasteiger partial charge in [0.2, 0.25) is 5.91 Å². The van der Waals surface area contributed by atoms with Gasteiger partial charge in [0.15, 0.2) is 5.13 Å². The standard InChI is InChI=1S/C13H19N5OS/c1-3-18(10(2)19)13-17-11(9-20-13)8-14-5-4-12-15-6-7-16-12/h6-7,9,14H,3-5,8H2,1-2H3,(H,15,16). The SMILES string of the molecule is CCN(C(C)=O)c1nc(CNCCc2ncc[nH]2)cs1. The lowest BCUT2D eigenvalue weighted by molar-refractivity contribution is -0.116. The van der Waals surface area contributed by atoms with Crippen LogP contribution in [0.5, 0.6) is 0 Å². The van der Waals surface area contributed by atoms with E-state index in [9.17, 15) is 4.79 Å². The van der Waals surface area contributed by atoms with Crippen LogP contribution in [0.15, 0.2) is 17.8 Å². The van der Waals surface area contributed by atoms with Gasteiger partial charge in [-0.15, -0.1) is 11.3 Å². The number of carbonyl (C=O) groups is 1. The second kappa shape index (κ2) is 7.16. The van der Waals surface area contributed by atoms with Gasteiger partial charge >= 0.3 is 0 Å². The van der Waals surface area contributed by atoms with Gasteiger partial charge in [-0.1, -0.05) is 0 Å². The van der Waals surface area contributed by atoms with Gasteiger partial charge in [0.25, 0.3) is 0 Å². The number of nitrogens with one attached hydrogen (secondary N) is 2. The summed E-state index contributed by atoms with van der Waals surface area (Å²) < 4.78 is 0. The van der Waals surface area contributed by atoms with Gasteiger partial charge in [-0.25, -0.2) is 9.97 Å². The average molecular weight is 293 g/mol. The zero-order valence-corrected chi connectivity index (χ0v) is 12.5. The van der Waals surface area contributed by atoms with Crippen molar-refractivity contribution < 1.29 is 4.79 Å². The highest BCUT2D eigenvalue weighted by Gasteiger charge is 2.12. The second-order valence-electron chi connectivity index (χ2n) is 4.35. The summed E-state index contributed by atoms with van der Waals surface area (Å²) >= 11 is 1.50. The van der Waals surface area contributed by atoms with Gasteiger partial charge in [0, 0.05) is 50.8 Å². The maximum absolute atomic E-state index is 11.4. The Morgan fingerprint density at radius 1 is 1.55 bits per heavy atom. The lowest BCUT2D eigenvalue weighted by atomic mass is 10.4. The molecular weight excluding hydrogens is 274 g/mol. The smallest absolute Gasteiger partial charge is 0.225 e. The van der Waals surface area contributed by atoms with Gasteiger partial charge in [-0.2, -0.15) is 0 Å². The first-order chi connectivity index (χ1) is 9.70. The molecule has 0 aliphatic heterocycles. The van der Waals surface area contributed by atoms with Crippen molar-refractivity contribution in [3.05, 3.63) is 29.3 Å². The van der Waals surface area contributed by atoms with Crippen LogP contribution in [-0.4, -0.2) is 33.9 Å². The molecule has 2 aromatic heterocycles. The zero-order chi connectivity index (χ0) is 14.4. The number of hydrogen-bond acceptors (Lipinski definition) is 5. The van der Waals surface area contributed by atoms with Gasteiger partial charge in [0.1, 0.15) is 5.82 Å². The van der Waals surface area contributed by atoms with Crippen molar-refractivity contribution in [2.75, 3.05) is 18.0 Å². The van der Waals surface area contributed by atoms with Crippen LogP contribution in [0.4, 0.5) is 5.13 Å². The van der Waals surface area contributed by atoms with Crippen molar-refractivity contribution >= 4 is 22.4 Å². The fourth-order valence-electron chi connectivity index (χ4n) is 1.85. The van der Waals surface area contributed by atoms with E-state index >= 15 is 0 Å². The van der Waals surface area contributed by atoms with Crippen LogP contribution in [0.2, 0.25) is 0 Å². The third kappa shape index (κ3) is 3.88. The zero-order valence-electron chi connectivity index (χ0n) is 11.7. The molecule has 0 saturated heterocycles. The molecule has 0 spiro atoms. The number of nitrogens with zero attached hydrogens (tertiary/aromatic N) is 3. The number of thiazole rings is 1. The summed E-state index contributed by atoms with van der Waals surface area (Å²) in [5.41, 5.74) is 0.962. The number of hydrogen-bond donors (Lipinski definition) is 2. The Labute approximate surface area is 122 Å². The molecule has 1 amide bonds. The predicted molar refractivity (Wildman–Crippen MR) is 79.8 cm³/mol. The van der Waals surface area contributed by atoms with Crippen molar-refractivity contribution in [1.82, 2.24) is 20.3 Å². The van der Waals surface area contributed by atoms with E-state index in [0.29, 0.717) is 13.1 Å². The molecule has 0 aliphatic carbocycles. The maximum Gasteiger partial charge on any atom is 0.225 e. The molecular formula is C13H19N5OS. The Hall–Kier alpha value is -1.73. The van der Waals surface area contributed by atoms with Crippen LogP contribution in [0, 0.1) is 0 Å². The van der Waals surface area contributed by atoms with Crippen molar-refractivity contribution in [3.63, 3.8) is 0 Å². The normalized spacial score (nSPS) is 10.7. The number of carbonyl (C=O) groups excluding carboxylic acids is 1. The third-order valence-corrected chi connectivity index (χ3v) is 3.78. The number of aromatic amines is 1. The van der Waals surface area contributed by atoms with Crippen LogP contribution in [-0.2, 0) is 17.8 Å². The van der Waals surface area contributed by atoms with Crippen LogP contribution in [0.3, 0.4) is 0 Å². The van der Waals surface area contributed by atoms with Gasteiger partial charge in [-0.05, 0) is 6.92 Å². The summed E-state index contributed by atoms with van der Waals surface area (Å²) in [4.78, 5) is 24.8. The third-order valence-electron chi connectivity index (χ3n) is 2.87. The number of aromatic nitrogens is 3. The molecule has 0 saturated carbocycles. The minimum atomic E-state index is 0.0270. The molecule has 0 atom stereocenters. The first kappa shape index (κ1) is 14.7. The molecule has 0 bridgehead atoms. The van der Waals surface area contributed by atoms with E-state index in [0.717, 1.165) is 29.6 Å². The average Bonchev–Trinajstić information content (AvgIpc) is 3.06. The van der Waals surface area contributed by atoms with Gasteiger partial charge in [0.05, 0.1) is 5.69 Å². The number of anilines is 1. The highest BCUT2D eigenvalue weighted by atomic mass is 32.1. The van der Waals surface area contributed by atoms with E-state index in [1.165, 1.54) is 11.3 Å². The Morgan fingerprint density at radius 2 is 2.40 bits per heavy atom. The van der Waals surface area contributed by atoms with Crippen molar-refractivity contribution in [1.29, 1.82) is 0 Å². The van der Waals surface area contributed by atoms with Gasteiger partial charge < -0.3 is 10.3 Å². The molecule has 2 heterocycles. The van der Waals surface area contributed by atoms with Crippen LogP contribution in [0.25, 0.3) is 0 Å². The molecule has 2 N–H and O–H groups in total. The highest BCUT2D eigenvalue weighted by molar-refractivity contribution is 7.14. The molecule has 0 aliphatic rings. The molecule has 0 radical (unpaired) electrons. The first-order valence-corrected chi connectivity index (χ1v) is 7.50. The molecule has 0 aromatic carbocycles. The maximum atomic E-state index is 11.4. The van der Waals surface area contributed by atoms with E-state index in [-0.39, 0.29) is 5.91 Å². The molecule has 108 valence electrons. The summed E-state index contributed by atoms with van der Waals surface area (Å²) in [6.07, 6.45) is 4.44. The second-order valence-corrected chi connectivity index (χ2v) is 5.18. The number of amides is 1. The molecule has 7 heteroatoms. The monoisotopic (exact) mass is 293 g/mol. The molecule has 2 aromatic rings. The van der Waals surface area contributed by atoms with E-state index in [4.69, 9.17) is 0 Å².